The molecule has 198 valence electrons. The van der Waals surface area contributed by atoms with Gasteiger partial charge >= 0.3 is 5.97 Å². The lowest BCUT2D eigenvalue weighted by Crippen LogP contribution is -2.17. The number of hydrogen-bond acceptors (Lipinski definition) is 9. The molecule has 37 heavy (non-hydrogen) atoms. The SMILES string of the molecule is CCCS(=O)(=O)c1c(S(=O)(=O)CCC)c2cc(C(=O)OCC)ccn2c1C(=O)c1ccc2c(c1)OCO2. The van der Waals surface area contributed by atoms with E-state index in [4.69, 9.17) is 14.2 Å². The normalized spacial score (nSPS) is 13.2. The van der Waals surface area contributed by atoms with Gasteiger partial charge in [0.1, 0.15) is 15.5 Å². The van der Waals surface area contributed by atoms with Gasteiger partial charge in [-0.25, -0.2) is 21.6 Å². The molecule has 12 heteroatoms. The number of rotatable bonds is 10. The zero-order valence-corrected chi connectivity index (χ0v) is 22.3. The van der Waals surface area contributed by atoms with Crippen LogP contribution in [0.4, 0.5) is 0 Å². The third-order valence-corrected chi connectivity index (χ3v) is 9.85. The third-order valence-electron chi connectivity index (χ3n) is 5.78. The average Bonchev–Trinajstić information content (AvgIpc) is 3.46. The second-order valence-electron chi connectivity index (χ2n) is 8.43. The number of esters is 1. The fraction of sp³-hybridized carbons (Fsp3) is 0.360. The summed E-state index contributed by atoms with van der Waals surface area (Å²) in [6.07, 6.45) is 1.74. The molecule has 0 unspecified atom stereocenters. The molecule has 0 amide bonds. The maximum Gasteiger partial charge on any atom is 0.338 e. The van der Waals surface area contributed by atoms with Gasteiger partial charge in [-0.3, -0.25) is 4.79 Å². The minimum absolute atomic E-state index is 0.0206. The molecule has 0 fully saturated rings. The molecule has 0 radical (unpaired) electrons. The second kappa shape index (κ2) is 10.2. The number of carbonyl (C=O) groups excluding carboxylic acids is 2. The highest BCUT2D eigenvalue weighted by Crippen LogP contribution is 2.38. The van der Waals surface area contributed by atoms with Crippen molar-refractivity contribution in [1.29, 1.82) is 0 Å². The van der Waals surface area contributed by atoms with Crippen molar-refractivity contribution >= 4 is 36.9 Å². The summed E-state index contributed by atoms with van der Waals surface area (Å²) in [5, 5.41) is 0. The van der Waals surface area contributed by atoms with Gasteiger partial charge in [0, 0.05) is 11.8 Å². The van der Waals surface area contributed by atoms with Crippen LogP contribution in [0.1, 0.15) is 60.0 Å². The highest BCUT2D eigenvalue weighted by Gasteiger charge is 2.37. The Bertz CT molecular complexity index is 1600. The van der Waals surface area contributed by atoms with Gasteiger partial charge < -0.3 is 18.6 Å². The van der Waals surface area contributed by atoms with E-state index in [0.29, 0.717) is 11.5 Å². The second-order valence-corrected chi connectivity index (χ2v) is 12.5. The smallest absolute Gasteiger partial charge is 0.338 e. The van der Waals surface area contributed by atoms with Crippen LogP contribution in [-0.2, 0) is 24.4 Å². The predicted molar refractivity (Wildman–Crippen MR) is 134 cm³/mol. The first kappa shape index (κ1) is 26.7. The summed E-state index contributed by atoms with van der Waals surface area (Å²) in [6.45, 7) is 5.00. The fourth-order valence-corrected chi connectivity index (χ4v) is 8.24. The molecule has 2 aromatic heterocycles. The Morgan fingerprint density at radius 3 is 2.16 bits per heavy atom. The highest BCUT2D eigenvalue weighted by molar-refractivity contribution is 7.94. The number of fused-ring (bicyclic) bond motifs is 2. The van der Waals surface area contributed by atoms with Gasteiger partial charge in [0.2, 0.25) is 12.6 Å². The molecule has 3 heterocycles. The quantitative estimate of drug-likeness (QED) is 0.275. The fourth-order valence-electron chi connectivity index (χ4n) is 4.26. The van der Waals surface area contributed by atoms with Crippen LogP contribution in [0.25, 0.3) is 5.52 Å². The molecule has 10 nitrogen and oxygen atoms in total. The van der Waals surface area contributed by atoms with E-state index in [9.17, 15) is 26.4 Å². The van der Waals surface area contributed by atoms with Crippen molar-refractivity contribution in [2.45, 2.75) is 43.4 Å². The molecule has 0 saturated carbocycles. The van der Waals surface area contributed by atoms with Gasteiger partial charge in [-0.15, -0.1) is 0 Å². The van der Waals surface area contributed by atoms with Crippen LogP contribution >= 0.6 is 0 Å². The molecule has 1 aliphatic heterocycles. The van der Waals surface area contributed by atoms with E-state index in [-0.39, 0.29) is 60.1 Å². The zero-order valence-electron chi connectivity index (χ0n) is 20.6. The summed E-state index contributed by atoms with van der Waals surface area (Å²) in [5.74, 6) is -1.39. The molecule has 0 saturated heterocycles. The maximum atomic E-state index is 13.9. The van der Waals surface area contributed by atoms with Crippen molar-refractivity contribution in [2.75, 3.05) is 24.9 Å². The monoisotopic (exact) mass is 549 g/mol. The minimum atomic E-state index is -4.24. The topological polar surface area (TPSA) is 135 Å². The molecule has 3 aromatic rings. The number of carbonyl (C=O) groups is 2. The van der Waals surface area contributed by atoms with Gasteiger partial charge in [-0.05, 0) is 50.1 Å². The minimum Gasteiger partial charge on any atom is -0.462 e. The lowest BCUT2D eigenvalue weighted by atomic mass is 10.1. The number of pyridine rings is 1. The van der Waals surface area contributed by atoms with Gasteiger partial charge in [0.15, 0.2) is 31.2 Å². The maximum absolute atomic E-state index is 13.9. The summed E-state index contributed by atoms with van der Waals surface area (Å²) in [7, 11) is -8.41. The summed E-state index contributed by atoms with van der Waals surface area (Å²) in [6, 6.07) is 7.01. The van der Waals surface area contributed by atoms with Crippen molar-refractivity contribution in [3.05, 3.63) is 53.3 Å². The van der Waals surface area contributed by atoms with Crippen LogP contribution in [-0.4, -0.2) is 57.9 Å². The van der Waals surface area contributed by atoms with Crippen molar-refractivity contribution < 1.29 is 40.6 Å². The molecule has 0 bridgehead atoms. The number of ether oxygens (including phenoxy) is 3. The van der Waals surface area contributed by atoms with Crippen LogP contribution in [0.15, 0.2) is 46.3 Å². The van der Waals surface area contributed by atoms with Gasteiger partial charge in [-0.2, -0.15) is 0 Å². The van der Waals surface area contributed by atoms with Crippen LogP contribution in [0, 0.1) is 0 Å². The van der Waals surface area contributed by atoms with E-state index < -0.39 is 41.2 Å². The molecule has 0 aliphatic carbocycles. The summed E-state index contributed by atoms with van der Waals surface area (Å²) < 4.78 is 71.1. The first-order valence-corrected chi connectivity index (χ1v) is 15.1. The molecule has 0 spiro atoms. The molecule has 1 aromatic carbocycles. The summed E-state index contributed by atoms with van der Waals surface area (Å²) >= 11 is 0. The van der Waals surface area contributed by atoms with E-state index in [0.717, 1.165) is 0 Å². The molecule has 4 rings (SSSR count). The molecule has 0 N–H and O–H groups in total. The predicted octanol–water partition coefficient (Wildman–Crippen LogP) is 3.44. The largest absolute Gasteiger partial charge is 0.462 e. The van der Waals surface area contributed by atoms with Crippen LogP contribution in [0.2, 0.25) is 0 Å². The Kier molecular flexibility index (Phi) is 7.33. The lowest BCUT2D eigenvalue weighted by molar-refractivity contribution is 0.0526. The highest BCUT2D eigenvalue weighted by atomic mass is 32.2. The molecular formula is C25H27NO9S2. The van der Waals surface area contributed by atoms with Crippen molar-refractivity contribution in [1.82, 2.24) is 4.40 Å². The standard InChI is InChI=1S/C25H27NO9S2/c1-4-11-36(29,30)23-18-13-17(25(28)33-6-3)9-10-26(18)21(24(23)37(31,32)12-5-2)22(27)16-7-8-19-20(14-16)35-15-34-19/h7-10,13-14H,4-6,11-12,15H2,1-3H3. The zero-order chi connectivity index (χ0) is 27.0. The van der Waals surface area contributed by atoms with Crippen LogP contribution in [0.3, 0.4) is 0 Å². The van der Waals surface area contributed by atoms with E-state index in [1.165, 1.54) is 40.9 Å². The average molecular weight is 550 g/mol. The summed E-state index contributed by atoms with van der Waals surface area (Å²) in [5.41, 5.74) is -0.294. The van der Waals surface area contributed by atoms with Gasteiger partial charge in [0.25, 0.3) is 0 Å². The third kappa shape index (κ3) is 4.82. The van der Waals surface area contributed by atoms with E-state index in [1.54, 1.807) is 20.8 Å². The van der Waals surface area contributed by atoms with E-state index in [2.05, 4.69) is 0 Å². The van der Waals surface area contributed by atoms with Crippen molar-refractivity contribution in [3.63, 3.8) is 0 Å². The number of hydrogen-bond donors (Lipinski definition) is 0. The Morgan fingerprint density at radius 2 is 1.51 bits per heavy atom. The number of benzene rings is 1. The van der Waals surface area contributed by atoms with Crippen molar-refractivity contribution in [3.8, 4) is 11.5 Å². The number of ketones is 1. The van der Waals surface area contributed by atoms with E-state index >= 15 is 0 Å². The van der Waals surface area contributed by atoms with Gasteiger partial charge in [-0.1, -0.05) is 13.8 Å². The first-order valence-electron chi connectivity index (χ1n) is 11.8. The number of nitrogens with zero attached hydrogens (tertiary/aromatic N) is 1. The number of sulfone groups is 2. The Morgan fingerprint density at radius 1 is 0.865 bits per heavy atom. The van der Waals surface area contributed by atoms with E-state index in [1.807, 2.05) is 0 Å². The van der Waals surface area contributed by atoms with Crippen molar-refractivity contribution in [2.24, 2.45) is 0 Å². The van der Waals surface area contributed by atoms with Gasteiger partial charge in [0.05, 0.1) is 29.2 Å². The summed E-state index contributed by atoms with van der Waals surface area (Å²) in [4.78, 5) is 25.3. The molecule has 1 aliphatic rings. The lowest BCUT2D eigenvalue weighted by Gasteiger charge is -2.09. The molecule has 0 atom stereocenters. The van der Waals surface area contributed by atoms with Crippen LogP contribution in [0.5, 0.6) is 11.5 Å². The first-order chi connectivity index (χ1) is 17.6. The Labute approximate surface area is 215 Å². The number of aromatic nitrogens is 1. The Balaban J connectivity index is 2.10. The van der Waals surface area contributed by atoms with Crippen LogP contribution < -0.4 is 9.47 Å². The Hall–Kier alpha value is -3.38. The molecular weight excluding hydrogens is 522 g/mol.